The van der Waals surface area contributed by atoms with E-state index in [0.29, 0.717) is 5.02 Å². The molecule has 0 aliphatic heterocycles. The Morgan fingerprint density at radius 2 is 2.12 bits per heavy atom. The Hall–Kier alpha value is -0.730. The van der Waals surface area contributed by atoms with Crippen molar-refractivity contribution < 1.29 is 4.74 Å². The Kier molecular flexibility index (Phi) is 5.64. The number of hydrogen-bond donors (Lipinski definition) is 1. The first-order valence-electron chi connectivity index (χ1n) is 5.83. The van der Waals surface area contributed by atoms with Crippen molar-refractivity contribution in [2.75, 3.05) is 6.61 Å². The minimum atomic E-state index is 0.00615. The number of unbranched alkanes of at least 4 members (excludes halogenated alkanes) is 2. The SMILES string of the molecule is CCCCCOc1ccc([C@@H](C)N)cc1Cl. The van der Waals surface area contributed by atoms with E-state index in [0.717, 1.165) is 24.3 Å². The van der Waals surface area contributed by atoms with E-state index >= 15 is 0 Å². The van der Waals surface area contributed by atoms with Gasteiger partial charge in [-0.25, -0.2) is 0 Å². The summed E-state index contributed by atoms with van der Waals surface area (Å²) in [5, 5.41) is 0.645. The number of hydrogen-bond acceptors (Lipinski definition) is 2. The lowest BCUT2D eigenvalue weighted by Crippen LogP contribution is -2.05. The van der Waals surface area contributed by atoms with Gasteiger partial charge in [0, 0.05) is 6.04 Å². The predicted molar refractivity (Wildman–Crippen MR) is 69.1 cm³/mol. The maximum Gasteiger partial charge on any atom is 0.137 e. The van der Waals surface area contributed by atoms with Crippen LogP contribution >= 0.6 is 11.6 Å². The second-order valence-electron chi connectivity index (χ2n) is 4.03. The average Bonchev–Trinajstić information content (AvgIpc) is 2.26. The Labute approximate surface area is 103 Å². The molecule has 0 fully saturated rings. The van der Waals surface area contributed by atoms with Crippen molar-refractivity contribution >= 4 is 11.6 Å². The minimum absolute atomic E-state index is 0.00615. The second kappa shape index (κ2) is 6.77. The van der Waals surface area contributed by atoms with Crippen LogP contribution in [0, 0.1) is 0 Å². The van der Waals surface area contributed by atoms with Gasteiger partial charge in [0.1, 0.15) is 5.75 Å². The van der Waals surface area contributed by atoms with Gasteiger partial charge in [-0.05, 0) is 31.0 Å². The lowest BCUT2D eigenvalue weighted by Gasteiger charge is -2.11. The van der Waals surface area contributed by atoms with Crippen LogP contribution in [0.3, 0.4) is 0 Å². The van der Waals surface area contributed by atoms with Crippen LogP contribution < -0.4 is 10.5 Å². The molecule has 0 radical (unpaired) electrons. The van der Waals surface area contributed by atoms with E-state index < -0.39 is 0 Å². The molecule has 0 saturated carbocycles. The zero-order chi connectivity index (χ0) is 12.0. The van der Waals surface area contributed by atoms with Crippen LogP contribution in [0.25, 0.3) is 0 Å². The van der Waals surface area contributed by atoms with Crippen molar-refractivity contribution in [1.82, 2.24) is 0 Å². The summed E-state index contributed by atoms with van der Waals surface area (Å²) in [5.41, 5.74) is 6.81. The van der Waals surface area contributed by atoms with Crippen LogP contribution in [-0.4, -0.2) is 6.61 Å². The van der Waals surface area contributed by atoms with Crippen LogP contribution in [-0.2, 0) is 0 Å². The van der Waals surface area contributed by atoms with Crippen molar-refractivity contribution in [2.24, 2.45) is 5.73 Å². The molecule has 1 rings (SSSR count). The smallest absolute Gasteiger partial charge is 0.137 e. The summed E-state index contributed by atoms with van der Waals surface area (Å²) in [5.74, 6) is 0.752. The summed E-state index contributed by atoms with van der Waals surface area (Å²) in [4.78, 5) is 0. The molecule has 0 amide bonds. The van der Waals surface area contributed by atoms with Gasteiger partial charge in [0.2, 0.25) is 0 Å². The van der Waals surface area contributed by atoms with Crippen LogP contribution in [0.5, 0.6) is 5.75 Å². The fourth-order valence-corrected chi connectivity index (χ4v) is 1.70. The van der Waals surface area contributed by atoms with E-state index in [1.165, 1.54) is 12.8 Å². The van der Waals surface area contributed by atoms with Gasteiger partial charge in [0.05, 0.1) is 11.6 Å². The van der Waals surface area contributed by atoms with Gasteiger partial charge in [0.25, 0.3) is 0 Å². The van der Waals surface area contributed by atoms with Crippen LogP contribution in [0.4, 0.5) is 0 Å². The van der Waals surface area contributed by atoms with E-state index in [1.807, 2.05) is 25.1 Å². The van der Waals surface area contributed by atoms with Gasteiger partial charge >= 0.3 is 0 Å². The van der Waals surface area contributed by atoms with Gasteiger partial charge in [-0.2, -0.15) is 0 Å². The highest BCUT2D eigenvalue weighted by atomic mass is 35.5. The first kappa shape index (κ1) is 13.3. The lowest BCUT2D eigenvalue weighted by atomic mass is 10.1. The van der Waals surface area contributed by atoms with Crippen molar-refractivity contribution in [2.45, 2.75) is 39.2 Å². The molecule has 2 N–H and O–H groups in total. The summed E-state index contributed by atoms with van der Waals surface area (Å²) in [7, 11) is 0. The first-order chi connectivity index (χ1) is 7.65. The average molecular weight is 242 g/mol. The molecule has 0 aliphatic carbocycles. The number of nitrogens with two attached hydrogens (primary N) is 1. The Balaban J connectivity index is 2.54. The number of halogens is 1. The molecule has 0 aliphatic rings. The molecule has 1 atom stereocenters. The zero-order valence-electron chi connectivity index (χ0n) is 10.0. The maximum atomic E-state index is 6.11. The van der Waals surface area contributed by atoms with Crippen molar-refractivity contribution in [1.29, 1.82) is 0 Å². The Morgan fingerprint density at radius 1 is 1.38 bits per heavy atom. The predicted octanol–water partition coefficient (Wildman–Crippen LogP) is 3.93. The third kappa shape index (κ3) is 4.03. The van der Waals surface area contributed by atoms with Gasteiger partial charge in [0.15, 0.2) is 0 Å². The lowest BCUT2D eigenvalue weighted by molar-refractivity contribution is 0.306. The Morgan fingerprint density at radius 3 is 2.69 bits per heavy atom. The monoisotopic (exact) mass is 241 g/mol. The summed E-state index contributed by atoms with van der Waals surface area (Å²) in [6, 6.07) is 5.74. The zero-order valence-corrected chi connectivity index (χ0v) is 10.8. The molecule has 1 aromatic rings. The van der Waals surface area contributed by atoms with Crippen LogP contribution in [0.2, 0.25) is 5.02 Å². The highest BCUT2D eigenvalue weighted by Gasteiger charge is 2.05. The second-order valence-corrected chi connectivity index (χ2v) is 4.44. The largest absolute Gasteiger partial charge is 0.492 e. The molecule has 0 spiro atoms. The number of benzene rings is 1. The number of rotatable bonds is 6. The third-order valence-electron chi connectivity index (χ3n) is 2.49. The van der Waals surface area contributed by atoms with Gasteiger partial charge in [-0.15, -0.1) is 0 Å². The van der Waals surface area contributed by atoms with E-state index in [4.69, 9.17) is 22.1 Å². The number of ether oxygens (including phenoxy) is 1. The molecule has 0 unspecified atom stereocenters. The normalized spacial score (nSPS) is 12.5. The summed E-state index contributed by atoms with van der Waals surface area (Å²) >= 11 is 6.11. The quantitative estimate of drug-likeness (QED) is 0.766. The first-order valence-corrected chi connectivity index (χ1v) is 6.20. The highest BCUT2D eigenvalue weighted by Crippen LogP contribution is 2.27. The molecular weight excluding hydrogens is 222 g/mol. The topological polar surface area (TPSA) is 35.2 Å². The standard InChI is InChI=1S/C13H20ClNO/c1-3-4-5-8-16-13-7-6-11(10(2)15)9-12(13)14/h6-7,9-10H,3-5,8,15H2,1-2H3/t10-/m1/s1. The Bertz CT molecular complexity index is 326. The van der Waals surface area contributed by atoms with Crippen molar-refractivity contribution in [3.8, 4) is 5.75 Å². The van der Waals surface area contributed by atoms with E-state index in [-0.39, 0.29) is 6.04 Å². The summed E-state index contributed by atoms with van der Waals surface area (Å²) < 4.78 is 5.60. The summed E-state index contributed by atoms with van der Waals surface area (Å²) in [6.45, 7) is 4.84. The molecule has 2 nitrogen and oxygen atoms in total. The fourth-order valence-electron chi connectivity index (χ4n) is 1.45. The van der Waals surface area contributed by atoms with E-state index in [2.05, 4.69) is 6.92 Å². The van der Waals surface area contributed by atoms with Crippen LogP contribution in [0.1, 0.15) is 44.7 Å². The molecule has 0 saturated heterocycles. The summed E-state index contributed by atoms with van der Waals surface area (Å²) in [6.07, 6.45) is 3.46. The molecule has 0 aromatic heterocycles. The molecule has 90 valence electrons. The minimum Gasteiger partial charge on any atom is -0.492 e. The fraction of sp³-hybridized carbons (Fsp3) is 0.538. The molecule has 1 aromatic carbocycles. The maximum absolute atomic E-state index is 6.11. The molecule has 0 heterocycles. The van der Waals surface area contributed by atoms with Crippen LogP contribution in [0.15, 0.2) is 18.2 Å². The van der Waals surface area contributed by atoms with Gasteiger partial charge in [-0.3, -0.25) is 0 Å². The molecular formula is C13H20ClNO. The van der Waals surface area contributed by atoms with Crippen molar-refractivity contribution in [3.05, 3.63) is 28.8 Å². The van der Waals surface area contributed by atoms with E-state index in [9.17, 15) is 0 Å². The molecule has 0 bridgehead atoms. The molecule has 16 heavy (non-hydrogen) atoms. The van der Waals surface area contributed by atoms with Gasteiger partial charge in [-0.1, -0.05) is 37.4 Å². The van der Waals surface area contributed by atoms with Gasteiger partial charge < -0.3 is 10.5 Å². The highest BCUT2D eigenvalue weighted by molar-refractivity contribution is 6.32. The van der Waals surface area contributed by atoms with E-state index in [1.54, 1.807) is 0 Å². The van der Waals surface area contributed by atoms with Crippen molar-refractivity contribution in [3.63, 3.8) is 0 Å². The third-order valence-corrected chi connectivity index (χ3v) is 2.78. The molecule has 3 heteroatoms.